The minimum atomic E-state index is -0.205. The zero-order valence-corrected chi connectivity index (χ0v) is 13.6. The van der Waals surface area contributed by atoms with Gasteiger partial charge >= 0.3 is 4.87 Å². The first-order valence-corrected chi connectivity index (χ1v) is 8.49. The molecule has 0 saturated heterocycles. The van der Waals surface area contributed by atoms with E-state index >= 15 is 0 Å². The number of aromatic nitrogens is 1. The average molecular weight is 316 g/mol. The SMILES string of the molecule is CC(C)[C@@H]1C[C@@H](CNC(=O)c2csc(=O)[nH]2)c2ccccc21. The van der Waals surface area contributed by atoms with Crippen LogP contribution in [0.4, 0.5) is 0 Å². The molecular formula is C17H20N2O2S. The normalized spacial score (nSPS) is 20.1. The van der Waals surface area contributed by atoms with Gasteiger partial charge in [0.1, 0.15) is 5.69 Å². The van der Waals surface area contributed by atoms with Gasteiger partial charge in [-0.2, -0.15) is 0 Å². The molecule has 1 aromatic carbocycles. The summed E-state index contributed by atoms with van der Waals surface area (Å²) in [6.07, 6.45) is 1.07. The quantitative estimate of drug-likeness (QED) is 0.910. The number of carbonyl (C=O) groups excluding carboxylic acids is 1. The third-order valence-corrected chi connectivity index (χ3v) is 5.12. The van der Waals surface area contributed by atoms with Gasteiger partial charge in [-0.3, -0.25) is 9.59 Å². The van der Waals surface area contributed by atoms with E-state index < -0.39 is 0 Å². The number of H-pyrrole nitrogens is 1. The van der Waals surface area contributed by atoms with E-state index in [2.05, 4.69) is 48.4 Å². The van der Waals surface area contributed by atoms with Gasteiger partial charge in [-0.05, 0) is 29.4 Å². The monoisotopic (exact) mass is 316 g/mol. The van der Waals surface area contributed by atoms with Crippen LogP contribution in [0, 0.1) is 5.92 Å². The topological polar surface area (TPSA) is 62.0 Å². The Hall–Kier alpha value is -1.88. The van der Waals surface area contributed by atoms with Crippen LogP contribution >= 0.6 is 11.3 Å². The van der Waals surface area contributed by atoms with Crippen LogP contribution in [0.3, 0.4) is 0 Å². The number of nitrogens with one attached hydrogen (secondary N) is 2. The molecule has 3 rings (SSSR count). The van der Waals surface area contributed by atoms with Crippen molar-refractivity contribution in [2.24, 2.45) is 5.92 Å². The highest BCUT2D eigenvalue weighted by Gasteiger charge is 2.32. The van der Waals surface area contributed by atoms with E-state index in [-0.39, 0.29) is 10.8 Å². The van der Waals surface area contributed by atoms with Crippen molar-refractivity contribution in [1.29, 1.82) is 0 Å². The van der Waals surface area contributed by atoms with E-state index in [0.29, 0.717) is 30.0 Å². The lowest BCUT2D eigenvalue weighted by Gasteiger charge is -2.16. The van der Waals surface area contributed by atoms with Crippen molar-refractivity contribution in [3.63, 3.8) is 0 Å². The summed E-state index contributed by atoms with van der Waals surface area (Å²) in [6.45, 7) is 5.11. The molecule has 2 aromatic rings. The predicted octanol–water partition coefficient (Wildman–Crippen LogP) is 3.09. The largest absolute Gasteiger partial charge is 0.350 e. The number of carbonyl (C=O) groups is 1. The molecule has 0 unspecified atom stereocenters. The number of hydrogen-bond donors (Lipinski definition) is 2. The molecule has 0 saturated carbocycles. The van der Waals surface area contributed by atoms with Crippen molar-refractivity contribution in [3.05, 3.63) is 56.1 Å². The average Bonchev–Trinajstić information content (AvgIpc) is 3.09. The molecule has 0 bridgehead atoms. The molecule has 2 N–H and O–H groups in total. The van der Waals surface area contributed by atoms with Crippen LogP contribution in [0.5, 0.6) is 0 Å². The molecule has 1 amide bonds. The Labute approximate surface area is 133 Å². The molecule has 1 heterocycles. The highest BCUT2D eigenvalue weighted by molar-refractivity contribution is 7.07. The van der Waals surface area contributed by atoms with Crippen molar-refractivity contribution < 1.29 is 4.79 Å². The standard InChI is InChI=1S/C17H20N2O2S/c1-10(2)14-7-11(12-5-3-4-6-13(12)14)8-18-16(20)15-9-22-17(21)19-15/h3-6,9-11,14H,7-8H2,1-2H3,(H,18,20)(H,19,21)/t11-,14-/m0/s1. The minimum Gasteiger partial charge on any atom is -0.350 e. The van der Waals surface area contributed by atoms with E-state index in [1.165, 1.54) is 11.1 Å². The van der Waals surface area contributed by atoms with E-state index in [1.807, 2.05) is 0 Å². The summed E-state index contributed by atoms with van der Waals surface area (Å²) in [5.74, 6) is 1.29. The van der Waals surface area contributed by atoms with E-state index in [1.54, 1.807) is 5.38 Å². The molecule has 5 heteroatoms. The first-order chi connectivity index (χ1) is 10.6. The highest BCUT2D eigenvalue weighted by atomic mass is 32.1. The van der Waals surface area contributed by atoms with Crippen LogP contribution in [0.15, 0.2) is 34.4 Å². The van der Waals surface area contributed by atoms with Crippen LogP contribution in [-0.2, 0) is 0 Å². The second kappa shape index (κ2) is 6.08. The maximum absolute atomic E-state index is 12.1. The Morgan fingerprint density at radius 1 is 1.36 bits per heavy atom. The molecular weight excluding hydrogens is 296 g/mol. The Morgan fingerprint density at radius 2 is 2.09 bits per heavy atom. The molecule has 0 fully saturated rings. The number of hydrogen-bond acceptors (Lipinski definition) is 3. The molecule has 1 aromatic heterocycles. The first kappa shape index (κ1) is 15.0. The smallest absolute Gasteiger partial charge is 0.305 e. The van der Waals surface area contributed by atoms with E-state index in [0.717, 1.165) is 17.8 Å². The minimum absolute atomic E-state index is 0.198. The molecule has 0 aliphatic heterocycles. The summed E-state index contributed by atoms with van der Waals surface area (Å²) in [7, 11) is 0. The van der Waals surface area contributed by atoms with Gasteiger partial charge < -0.3 is 10.3 Å². The summed E-state index contributed by atoms with van der Waals surface area (Å²) in [5, 5.41) is 4.52. The molecule has 0 radical (unpaired) electrons. The third-order valence-electron chi connectivity index (χ3n) is 4.45. The van der Waals surface area contributed by atoms with Gasteiger partial charge in [0.25, 0.3) is 5.91 Å². The van der Waals surface area contributed by atoms with Gasteiger partial charge in [0.15, 0.2) is 0 Å². The maximum atomic E-state index is 12.1. The Bertz CT molecular complexity index is 732. The second-order valence-corrected chi connectivity index (χ2v) is 7.03. The van der Waals surface area contributed by atoms with Crippen LogP contribution in [0.2, 0.25) is 0 Å². The zero-order valence-electron chi connectivity index (χ0n) is 12.8. The lowest BCUT2D eigenvalue weighted by atomic mass is 9.90. The first-order valence-electron chi connectivity index (χ1n) is 7.61. The fourth-order valence-corrected chi connectivity index (χ4v) is 3.87. The van der Waals surface area contributed by atoms with Gasteiger partial charge in [0, 0.05) is 17.8 Å². The molecule has 4 nitrogen and oxygen atoms in total. The lowest BCUT2D eigenvalue weighted by Crippen LogP contribution is -2.28. The second-order valence-electron chi connectivity index (χ2n) is 6.18. The predicted molar refractivity (Wildman–Crippen MR) is 88.7 cm³/mol. The van der Waals surface area contributed by atoms with Crippen LogP contribution in [0.25, 0.3) is 0 Å². The molecule has 0 spiro atoms. The van der Waals surface area contributed by atoms with Crippen LogP contribution in [0.1, 0.15) is 53.7 Å². The summed E-state index contributed by atoms with van der Waals surface area (Å²) in [5.41, 5.74) is 3.11. The van der Waals surface area contributed by atoms with Gasteiger partial charge in [0.05, 0.1) is 0 Å². The summed E-state index contributed by atoms with van der Waals surface area (Å²) in [4.78, 5) is 25.5. The Balaban J connectivity index is 1.71. The molecule has 116 valence electrons. The van der Waals surface area contributed by atoms with Crippen molar-refractivity contribution in [2.75, 3.05) is 6.54 Å². The number of thiazole rings is 1. The van der Waals surface area contributed by atoms with Crippen LogP contribution < -0.4 is 10.2 Å². The van der Waals surface area contributed by atoms with E-state index in [9.17, 15) is 9.59 Å². The fourth-order valence-electron chi connectivity index (χ4n) is 3.31. The van der Waals surface area contributed by atoms with Crippen LogP contribution in [-0.4, -0.2) is 17.4 Å². The molecule has 1 aliphatic carbocycles. The number of rotatable bonds is 4. The highest BCUT2D eigenvalue weighted by Crippen LogP contribution is 2.44. The number of benzene rings is 1. The van der Waals surface area contributed by atoms with Gasteiger partial charge in [-0.25, -0.2) is 0 Å². The number of aromatic amines is 1. The molecule has 22 heavy (non-hydrogen) atoms. The number of fused-ring (bicyclic) bond motifs is 1. The summed E-state index contributed by atoms with van der Waals surface area (Å²) >= 11 is 1.01. The third kappa shape index (κ3) is 2.86. The summed E-state index contributed by atoms with van der Waals surface area (Å²) < 4.78 is 0. The zero-order chi connectivity index (χ0) is 15.7. The maximum Gasteiger partial charge on any atom is 0.305 e. The fraction of sp³-hybridized carbons (Fsp3) is 0.412. The Kier molecular flexibility index (Phi) is 4.16. The van der Waals surface area contributed by atoms with Crippen molar-refractivity contribution in [1.82, 2.24) is 10.3 Å². The van der Waals surface area contributed by atoms with Gasteiger partial charge in [-0.1, -0.05) is 49.4 Å². The van der Waals surface area contributed by atoms with Gasteiger partial charge in [-0.15, -0.1) is 0 Å². The van der Waals surface area contributed by atoms with Crippen molar-refractivity contribution in [3.8, 4) is 0 Å². The Morgan fingerprint density at radius 3 is 2.73 bits per heavy atom. The molecule has 1 aliphatic rings. The van der Waals surface area contributed by atoms with Gasteiger partial charge in [0.2, 0.25) is 0 Å². The van der Waals surface area contributed by atoms with Crippen molar-refractivity contribution >= 4 is 17.2 Å². The van der Waals surface area contributed by atoms with E-state index in [4.69, 9.17) is 0 Å². The molecule has 2 atom stereocenters. The lowest BCUT2D eigenvalue weighted by molar-refractivity contribution is 0.0946. The summed E-state index contributed by atoms with van der Waals surface area (Å²) in [6, 6.07) is 8.52. The number of amides is 1. The van der Waals surface area contributed by atoms with Crippen molar-refractivity contribution in [2.45, 2.75) is 32.1 Å².